The fourth-order valence-corrected chi connectivity index (χ4v) is 1.49. The van der Waals surface area contributed by atoms with Gasteiger partial charge in [-0.05, 0) is 53.0 Å². The van der Waals surface area contributed by atoms with Crippen LogP contribution in [0.2, 0.25) is 0 Å². The van der Waals surface area contributed by atoms with Gasteiger partial charge in [0.2, 0.25) is 0 Å². The van der Waals surface area contributed by atoms with Gasteiger partial charge in [-0.25, -0.2) is 4.39 Å². The van der Waals surface area contributed by atoms with Crippen LogP contribution in [0.5, 0.6) is 0 Å². The molecule has 0 radical (unpaired) electrons. The van der Waals surface area contributed by atoms with E-state index in [4.69, 9.17) is 11.5 Å². The van der Waals surface area contributed by atoms with Gasteiger partial charge in [0, 0.05) is 6.04 Å². The van der Waals surface area contributed by atoms with Crippen molar-refractivity contribution in [2.75, 3.05) is 6.54 Å². The van der Waals surface area contributed by atoms with Gasteiger partial charge in [0.15, 0.2) is 0 Å². The predicted molar refractivity (Wildman–Crippen MR) is 59.3 cm³/mol. The molecule has 0 heterocycles. The van der Waals surface area contributed by atoms with Crippen LogP contribution in [-0.4, -0.2) is 6.54 Å². The second kappa shape index (κ2) is 5.44. The number of hydrogen-bond acceptors (Lipinski definition) is 2. The first-order chi connectivity index (χ1) is 6.65. The summed E-state index contributed by atoms with van der Waals surface area (Å²) in [6.07, 6.45) is 1.65. The maximum absolute atomic E-state index is 13.1. The predicted octanol–water partition coefficient (Wildman–Crippen LogP) is 2.33. The number of halogens is 2. The summed E-state index contributed by atoms with van der Waals surface area (Å²) in [6.45, 7) is 0.618. The third-order valence-electron chi connectivity index (χ3n) is 2.09. The molecule has 4 heteroatoms. The van der Waals surface area contributed by atoms with Crippen LogP contribution in [0, 0.1) is 5.82 Å². The molecule has 78 valence electrons. The summed E-state index contributed by atoms with van der Waals surface area (Å²) in [5.41, 5.74) is 12.1. The molecule has 0 spiro atoms. The Labute approximate surface area is 91.6 Å². The normalized spacial score (nSPS) is 12.9. The van der Waals surface area contributed by atoms with Crippen LogP contribution in [0.25, 0.3) is 0 Å². The Morgan fingerprint density at radius 1 is 1.43 bits per heavy atom. The Hall–Kier alpha value is -0.450. The van der Waals surface area contributed by atoms with E-state index >= 15 is 0 Å². The van der Waals surface area contributed by atoms with E-state index in [1.165, 1.54) is 6.07 Å². The number of hydrogen-bond donors (Lipinski definition) is 2. The molecule has 0 aromatic heterocycles. The zero-order valence-corrected chi connectivity index (χ0v) is 9.43. The maximum Gasteiger partial charge on any atom is 0.137 e. The Bertz CT molecular complexity index is 304. The summed E-state index contributed by atoms with van der Waals surface area (Å²) in [5, 5.41) is 0. The minimum absolute atomic E-state index is 0.124. The summed E-state index contributed by atoms with van der Waals surface area (Å²) in [5.74, 6) is -0.273. The zero-order valence-electron chi connectivity index (χ0n) is 7.84. The molecule has 0 saturated heterocycles. The molecule has 0 fully saturated rings. The molecule has 0 aliphatic carbocycles. The molecule has 0 unspecified atom stereocenters. The molecular formula is C10H14BrFN2. The second-order valence-corrected chi connectivity index (χ2v) is 4.07. The zero-order chi connectivity index (χ0) is 10.6. The topological polar surface area (TPSA) is 52.0 Å². The Balaban J connectivity index is 2.70. The van der Waals surface area contributed by atoms with Crippen molar-refractivity contribution >= 4 is 15.9 Å². The fraction of sp³-hybridized carbons (Fsp3) is 0.400. The lowest BCUT2D eigenvalue weighted by Gasteiger charge is -2.11. The van der Waals surface area contributed by atoms with Gasteiger partial charge in [0.05, 0.1) is 4.47 Å². The lowest BCUT2D eigenvalue weighted by atomic mass is 10.0. The molecule has 2 nitrogen and oxygen atoms in total. The quantitative estimate of drug-likeness (QED) is 0.873. The third kappa shape index (κ3) is 3.04. The highest BCUT2D eigenvalue weighted by Gasteiger charge is 2.07. The van der Waals surface area contributed by atoms with E-state index in [9.17, 15) is 4.39 Å². The first-order valence-electron chi connectivity index (χ1n) is 4.55. The van der Waals surface area contributed by atoms with Gasteiger partial charge in [-0.15, -0.1) is 0 Å². The van der Waals surface area contributed by atoms with Crippen molar-refractivity contribution < 1.29 is 4.39 Å². The van der Waals surface area contributed by atoms with E-state index in [0.29, 0.717) is 11.0 Å². The van der Waals surface area contributed by atoms with Crippen molar-refractivity contribution in [1.29, 1.82) is 0 Å². The van der Waals surface area contributed by atoms with Gasteiger partial charge < -0.3 is 11.5 Å². The SMILES string of the molecule is NCCC[C@@H](N)c1ccc(Br)c(F)c1. The molecule has 1 aromatic carbocycles. The van der Waals surface area contributed by atoms with Gasteiger partial charge in [-0.2, -0.15) is 0 Å². The average molecular weight is 261 g/mol. The molecule has 0 aliphatic rings. The van der Waals surface area contributed by atoms with Crippen LogP contribution in [-0.2, 0) is 0 Å². The molecule has 1 rings (SSSR count). The van der Waals surface area contributed by atoms with Crippen molar-refractivity contribution in [1.82, 2.24) is 0 Å². The highest BCUT2D eigenvalue weighted by molar-refractivity contribution is 9.10. The Morgan fingerprint density at radius 2 is 2.14 bits per heavy atom. The second-order valence-electron chi connectivity index (χ2n) is 3.21. The molecule has 1 aromatic rings. The van der Waals surface area contributed by atoms with Gasteiger partial charge in [0.25, 0.3) is 0 Å². The fourth-order valence-electron chi connectivity index (χ4n) is 1.25. The van der Waals surface area contributed by atoms with Crippen LogP contribution in [0.1, 0.15) is 24.4 Å². The lowest BCUT2D eigenvalue weighted by molar-refractivity contribution is 0.593. The number of rotatable bonds is 4. The molecule has 14 heavy (non-hydrogen) atoms. The van der Waals surface area contributed by atoms with Gasteiger partial charge >= 0.3 is 0 Å². The largest absolute Gasteiger partial charge is 0.330 e. The lowest BCUT2D eigenvalue weighted by Crippen LogP contribution is -2.12. The summed E-state index contributed by atoms with van der Waals surface area (Å²) >= 11 is 3.10. The summed E-state index contributed by atoms with van der Waals surface area (Å²) in [4.78, 5) is 0. The first kappa shape index (κ1) is 11.6. The van der Waals surface area contributed by atoms with Crippen LogP contribution >= 0.6 is 15.9 Å². The van der Waals surface area contributed by atoms with Gasteiger partial charge in [-0.1, -0.05) is 6.07 Å². The standard InChI is InChI=1S/C10H14BrFN2/c11-8-4-3-7(6-9(8)12)10(14)2-1-5-13/h3-4,6,10H,1-2,5,13-14H2/t10-/m1/s1. The Morgan fingerprint density at radius 3 is 2.71 bits per heavy atom. The molecule has 0 amide bonds. The van der Waals surface area contributed by atoms with E-state index in [2.05, 4.69) is 15.9 Å². The van der Waals surface area contributed by atoms with E-state index in [-0.39, 0.29) is 11.9 Å². The molecule has 0 bridgehead atoms. The average Bonchev–Trinajstić information content (AvgIpc) is 2.18. The van der Waals surface area contributed by atoms with Crippen LogP contribution in [0.3, 0.4) is 0 Å². The van der Waals surface area contributed by atoms with E-state index in [1.807, 2.05) is 6.07 Å². The summed E-state index contributed by atoms with van der Waals surface area (Å²) in [6, 6.07) is 4.84. The first-order valence-corrected chi connectivity index (χ1v) is 5.35. The minimum atomic E-state index is -0.273. The minimum Gasteiger partial charge on any atom is -0.330 e. The van der Waals surface area contributed by atoms with Crippen LogP contribution in [0.4, 0.5) is 4.39 Å². The molecule has 0 aliphatic heterocycles. The number of nitrogens with two attached hydrogens (primary N) is 2. The van der Waals surface area contributed by atoms with Gasteiger partial charge in [0.1, 0.15) is 5.82 Å². The number of benzene rings is 1. The highest BCUT2D eigenvalue weighted by Crippen LogP contribution is 2.21. The Kier molecular flexibility index (Phi) is 4.51. The third-order valence-corrected chi connectivity index (χ3v) is 2.73. The van der Waals surface area contributed by atoms with E-state index < -0.39 is 0 Å². The van der Waals surface area contributed by atoms with E-state index in [1.54, 1.807) is 6.07 Å². The van der Waals surface area contributed by atoms with Crippen molar-refractivity contribution in [3.05, 3.63) is 34.1 Å². The van der Waals surface area contributed by atoms with Gasteiger partial charge in [-0.3, -0.25) is 0 Å². The van der Waals surface area contributed by atoms with Crippen LogP contribution in [0.15, 0.2) is 22.7 Å². The summed E-state index contributed by atoms with van der Waals surface area (Å²) < 4.78 is 13.6. The van der Waals surface area contributed by atoms with Crippen molar-refractivity contribution in [2.24, 2.45) is 11.5 Å². The summed E-state index contributed by atoms with van der Waals surface area (Å²) in [7, 11) is 0. The highest BCUT2D eigenvalue weighted by atomic mass is 79.9. The molecule has 4 N–H and O–H groups in total. The van der Waals surface area contributed by atoms with Crippen molar-refractivity contribution in [2.45, 2.75) is 18.9 Å². The molecule has 0 saturated carbocycles. The van der Waals surface area contributed by atoms with Crippen LogP contribution < -0.4 is 11.5 Å². The monoisotopic (exact) mass is 260 g/mol. The van der Waals surface area contributed by atoms with Crippen molar-refractivity contribution in [3.8, 4) is 0 Å². The maximum atomic E-state index is 13.1. The smallest absolute Gasteiger partial charge is 0.137 e. The molecule has 1 atom stereocenters. The van der Waals surface area contributed by atoms with E-state index in [0.717, 1.165) is 18.4 Å². The van der Waals surface area contributed by atoms with Crippen molar-refractivity contribution in [3.63, 3.8) is 0 Å². The molecular weight excluding hydrogens is 247 g/mol.